The van der Waals surface area contributed by atoms with Gasteiger partial charge in [0, 0.05) is 6.54 Å². The largest absolute Gasteiger partial charge is 0.250 e. The number of hydrogen-bond donors (Lipinski definition) is 1. The Morgan fingerprint density at radius 2 is 2.17 bits per heavy atom. The molecule has 1 N–H and O–H groups in total. The Hall–Kier alpha value is 0.0800. The number of halogens is 2. The first-order chi connectivity index (χ1) is 8.40. The number of thiophene rings is 2. The van der Waals surface area contributed by atoms with Crippen LogP contribution < -0.4 is 4.72 Å². The lowest BCUT2D eigenvalue weighted by Gasteiger charge is -2.04. The van der Waals surface area contributed by atoms with Crippen molar-refractivity contribution in [2.75, 3.05) is 0 Å². The van der Waals surface area contributed by atoms with Gasteiger partial charge in [0.2, 0.25) is 10.0 Å². The Balaban J connectivity index is 2.15. The molecule has 0 spiro atoms. The predicted octanol–water partition coefficient (Wildman–Crippen LogP) is 4.01. The molecule has 2 aromatic rings. The average molecular weight is 387 g/mol. The van der Waals surface area contributed by atoms with Crippen LogP contribution >= 0.6 is 50.2 Å². The van der Waals surface area contributed by atoms with Crippen LogP contribution in [0.4, 0.5) is 0 Å². The van der Waals surface area contributed by atoms with Crippen molar-refractivity contribution < 1.29 is 8.42 Å². The van der Waals surface area contributed by atoms with Gasteiger partial charge >= 0.3 is 0 Å². The number of hydrogen-bond acceptors (Lipinski definition) is 4. The van der Waals surface area contributed by atoms with Gasteiger partial charge in [0.25, 0.3) is 0 Å². The Kier molecular flexibility index (Phi) is 4.51. The predicted molar refractivity (Wildman–Crippen MR) is 80.1 cm³/mol. The monoisotopic (exact) mass is 385 g/mol. The molecule has 0 aromatic carbocycles. The molecule has 0 unspecified atom stereocenters. The van der Waals surface area contributed by atoms with E-state index >= 15 is 0 Å². The highest BCUT2D eigenvalue weighted by Gasteiger charge is 2.19. The van der Waals surface area contributed by atoms with Crippen LogP contribution in [0.3, 0.4) is 0 Å². The zero-order valence-corrected chi connectivity index (χ0v) is 14.0. The van der Waals surface area contributed by atoms with Crippen molar-refractivity contribution >= 4 is 60.2 Å². The summed E-state index contributed by atoms with van der Waals surface area (Å²) in [6, 6.07) is 1.44. The second-order valence-corrected chi connectivity index (χ2v) is 9.11. The maximum absolute atomic E-state index is 12.0. The maximum Gasteiger partial charge on any atom is 0.250 e. The van der Waals surface area contributed by atoms with Crippen LogP contribution in [0.15, 0.2) is 24.8 Å². The van der Waals surface area contributed by atoms with Crippen LogP contribution in [0.5, 0.6) is 0 Å². The molecular weight excluding hydrogens is 378 g/mol. The molecule has 0 amide bonds. The van der Waals surface area contributed by atoms with E-state index in [0.29, 0.717) is 15.4 Å². The van der Waals surface area contributed by atoms with Gasteiger partial charge in [-0.15, -0.1) is 11.3 Å². The molecule has 98 valence electrons. The minimum Gasteiger partial charge on any atom is -0.206 e. The first kappa shape index (κ1) is 14.5. The third-order valence-electron chi connectivity index (χ3n) is 2.30. The van der Waals surface area contributed by atoms with Gasteiger partial charge in [0.1, 0.15) is 4.21 Å². The SMILES string of the molecule is Cc1cscc1CNS(=O)(=O)c1cc(Cl)c(Br)s1. The normalized spacial score (nSPS) is 11.9. The standard InChI is InChI=1S/C10H9BrClNO2S3/c1-6-4-16-5-7(6)3-13-18(14,15)9-2-8(12)10(11)17-9/h2,4-5,13H,3H2,1H3. The minimum absolute atomic E-state index is 0.215. The van der Waals surface area contributed by atoms with Crippen LogP contribution in [0.1, 0.15) is 11.1 Å². The van der Waals surface area contributed by atoms with E-state index in [1.54, 1.807) is 11.3 Å². The Labute approximate surface area is 127 Å². The van der Waals surface area contributed by atoms with E-state index in [-0.39, 0.29) is 4.21 Å². The van der Waals surface area contributed by atoms with E-state index in [1.807, 2.05) is 17.7 Å². The molecule has 0 aliphatic rings. The summed E-state index contributed by atoms with van der Waals surface area (Å²) in [6.07, 6.45) is 0. The second kappa shape index (κ2) is 5.60. The average Bonchev–Trinajstić information content (AvgIpc) is 2.84. The zero-order chi connectivity index (χ0) is 13.3. The molecule has 0 aliphatic carbocycles. The molecule has 8 heteroatoms. The lowest BCUT2D eigenvalue weighted by molar-refractivity contribution is 0.583. The van der Waals surface area contributed by atoms with Gasteiger partial charge in [0.05, 0.1) is 8.81 Å². The molecule has 18 heavy (non-hydrogen) atoms. The van der Waals surface area contributed by atoms with Crippen LogP contribution in [-0.2, 0) is 16.6 Å². The van der Waals surface area contributed by atoms with Crippen LogP contribution in [0.25, 0.3) is 0 Å². The first-order valence-corrected chi connectivity index (χ1v) is 9.27. The van der Waals surface area contributed by atoms with E-state index in [4.69, 9.17) is 11.6 Å². The molecule has 0 aliphatic heterocycles. The van der Waals surface area contributed by atoms with E-state index in [0.717, 1.165) is 22.5 Å². The summed E-state index contributed by atoms with van der Waals surface area (Å²) >= 11 is 11.7. The summed E-state index contributed by atoms with van der Waals surface area (Å²) in [7, 11) is -3.50. The fourth-order valence-electron chi connectivity index (χ4n) is 1.27. The topological polar surface area (TPSA) is 46.2 Å². The van der Waals surface area contributed by atoms with Crippen molar-refractivity contribution in [3.63, 3.8) is 0 Å². The fraction of sp³-hybridized carbons (Fsp3) is 0.200. The van der Waals surface area contributed by atoms with E-state index in [9.17, 15) is 8.42 Å². The van der Waals surface area contributed by atoms with E-state index < -0.39 is 10.0 Å². The lowest BCUT2D eigenvalue weighted by atomic mass is 10.2. The molecule has 0 fully saturated rings. The summed E-state index contributed by atoms with van der Waals surface area (Å²) in [5.41, 5.74) is 2.08. The fourth-order valence-corrected chi connectivity index (χ4v) is 5.58. The van der Waals surface area contributed by atoms with E-state index in [1.165, 1.54) is 6.07 Å². The highest BCUT2D eigenvalue weighted by atomic mass is 79.9. The Morgan fingerprint density at radius 3 is 2.67 bits per heavy atom. The molecule has 0 saturated carbocycles. The Bertz CT molecular complexity index is 643. The van der Waals surface area contributed by atoms with Gasteiger partial charge in [-0.3, -0.25) is 0 Å². The van der Waals surface area contributed by atoms with Crippen molar-refractivity contribution in [1.29, 1.82) is 0 Å². The molecule has 2 heterocycles. The van der Waals surface area contributed by atoms with E-state index in [2.05, 4.69) is 20.7 Å². The van der Waals surface area contributed by atoms with Gasteiger partial charge in [-0.2, -0.15) is 11.3 Å². The highest BCUT2D eigenvalue weighted by Crippen LogP contribution is 2.34. The van der Waals surface area contributed by atoms with Crippen molar-refractivity contribution in [3.05, 3.63) is 36.8 Å². The number of rotatable bonds is 4. The lowest BCUT2D eigenvalue weighted by Crippen LogP contribution is -2.22. The van der Waals surface area contributed by atoms with Crippen molar-refractivity contribution in [1.82, 2.24) is 4.72 Å². The molecular formula is C10H9BrClNO2S3. The third kappa shape index (κ3) is 3.15. The van der Waals surface area contributed by atoms with Gasteiger partial charge < -0.3 is 0 Å². The van der Waals surface area contributed by atoms with Crippen LogP contribution in [-0.4, -0.2) is 8.42 Å². The van der Waals surface area contributed by atoms with Crippen molar-refractivity contribution in [2.24, 2.45) is 0 Å². The van der Waals surface area contributed by atoms with Gasteiger partial charge in [-0.25, -0.2) is 13.1 Å². The summed E-state index contributed by atoms with van der Waals surface area (Å²) in [5, 5.41) is 4.34. The summed E-state index contributed by atoms with van der Waals surface area (Å²) in [6.45, 7) is 2.25. The Morgan fingerprint density at radius 1 is 1.44 bits per heavy atom. The number of sulfonamides is 1. The summed E-state index contributed by atoms with van der Waals surface area (Å²) < 4.78 is 27.5. The molecule has 2 rings (SSSR count). The molecule has 0 saturated heterocycles. The van der Waals surface area contributed by atoms with Gasteiger partial charge in [-0.05, 0) is 50.8 Å². The smallest absolute Gasteiger partial charge is 0.206 e. The summed E-state index contributed by atoms with van der Waals surface area (Å²) in [5.74, 6) is 0. The maximum atomic E-state index is 12.0. The summed E-state index contributed by atoms with van der Waals surface area (Å²) in [4.78, 5) is 0. The van der Waals surface area contributed by atoms with Crippen LogP contribution in [0, 0.1) is 6.92 Å². The molecule has 0 bridgehead atoms. The second-order valence-electron chi connectivity index (χ2n) is 3.59. The molecule has 0 atom stereocenters. The zero-order valence-electron chi connectivity index (χ0n) is 9.24. The van der Waals surface area contributed by atoms with Gasteiger partial charge in [-0.1, -0.05) is 11.6 Å². The first-order valence-electron chi connectivity index (χ1n) is 4.86. The van der Waals surface area contributed by atoms with Gasteiger partial charge in [0.15, 0.2) is 0 Å². The molecule has 3 nitrogen and oxygen atoms in total. The number of nitrogens with one attached hydrogen (secondary N) is 1. The third-order valence-corrected chi connectivity index (χ3v) is 7.56. The number of aryl methyl sites for hydroxylation is 1. The highest BCUT2D eigenvalue weighted by molar-refractivity contribution is 9.11. The van der Waals surface area contributed by atoms with Crippen molar-refractivity contribution in [2.45, 2.75) is 17.7 Å². The molecule has 0 radical (unpaired) electrons. The quantitative estimate of drug-likeness (QED) is 0.863. The minimum atomic E-state index is -3.50. The van der Waals surface area contributed by atoms with Crippen LogP contribution in [0.2, 0.25) is 5.02 Å². The van der Waals surface area contributed by atoms with Crippen molar-refractivity contribution in [3.8, 4) is 0 Å². The molecule has 2 aromatic heterocycles.